The van der Waals surface area contributed by atoms with E-state index in [9.17, 15) is 19.5 Å². The minimum atomic E-state index is -1.25. The second-order valence-electron chi connectivity index (χ2n) is 11.2. The number of hydrogen-bond acceptors (Lipinski definition) is 5. The summed E-state index contributed by atoms with van der Waals surface area (Å²) < 4.78 is 5.37. The summed E-state index contributed by atoms with van der Waals surface area (Å²) in [5.41, 5.74) is 0.670. The van der Waals surface area contributed by atoms with Crippen LogP contribution in [-0.4, -0.2) is 39.6 Å². The second-order valence-corrected chi connectivity index (χ2v) is 11.2. The summed E-state index contributed by atoms with van der Waals surface area (Å²) >= 11 is 0. The first kappa shape index (κ1) is 30.0. The molecule has 0 aliphatic carbocycles. The minimum Gasteiger partial charge on any atom is -0.508 e. The van der Waals surface area contributed by atoms with Crippen molar-refractivity contribution in [2.75, 3.05) is 5.32 Å². The number of nitrogens with one attached hydrogen (secondary N) is 2. The quantitative estimate of drug-likeness (QED) is 0.242. The van der Waals surface area contributed by atoms with Gasteiger partial charge in [0.1, 0.15) is 23.4 Å². The Hall–Kier alpha value is -4.51. The van der Waals surface area contributed by atoms with E-state index in [1.54, 1.807) is 45.9 Å². The molecule has 3 aromatic carbocycles. The first-order valence-corrected chi connectivity index (χ1v) is 13.2. The smallest absolute Gasteiger partial charge is 0.408 e. The number of carbonyl (C=O) groups is 3. The lowest BCUT2D eigenvalue weighted by atomic mass is 9.98. The van der Waals surface area contributed by atoms with Crippen molar-refractivity contribution < 1.29 is 24.2 Å². The van der Waals surface area contributed by atoms with E-state index in [1.165, 1.54) is 6.07 Å². The number of terminal acetylenes is 1. The first-order chi connectivity index (χ1) is 18.8. The van der Waals surface area contributed by atoms with Gasteiger partial charge in [-0.25, -0.2) is 4.79 Å². The fraction of sp³-hybridized carbons (Fsp3) is 0.344. The fourth-order valence-corrected chi connectivity index (χ4v) is 4.32. The molecule has 0 aliphatic rings. The highest BCUT2D eigenvalue weighted by Crippen LogP contribution is 2.29. The van der Waals surface area contributed by atoms with Gasteiger partial charge in [0.25, 0.3) is 11.8 Å². The van der Waals surface area contributed by atoms with Crippen LogP contribution in [0.2, 0.25) is 0 Å². The molecule has 0 saturated heterocycles. The molecule has 8 nitrogen and oxygen atoms in total. The van der Waals surface area contributed by atoms with Crippen LogP contribution in [0.5, 0.6) is 5.75 Å². The van der Waals surface area contributed by atoms with Gasteiger partial charge in [-0.1, -0.05) is 56.7 Å². The number of rotatable bonds is 8. The Labute approximate surface area is 235 Å². The van der Waals surface area contributed by atoms with Gasteiger partial charge in [-0.2, -0.15) is 0 Å². The second kappa shape index (κ2) is 12.6. The van der Waals surface area contributed by atoms with Crippen LogP contribution in [0.4, 0.5) is 10.5 Å². The molecule has 8 heteroatoms. The molecule has 3 aromatic rings. The Morgan fingerprint density at radius 3 is 2.30 bits per heavy atom. The molecule has 2 unspecified atom stereocenters. The van der Waals surface area contributed by atoms with Crippen molar-refractivity contribution in [2.45, 2.75) is 65.6 Å². The molecule has 0 heterocycles. The largest absolute Gasteiger partial charge is 0.508 e. The fourth-order valence-electron chi connectivity index (χ4n) is 4.32. The number of alkyl carbamates (subject to hydrolysis) is 1. The summed E-state index contributed by atoms with van der Waals surface area (Å²) in [6, 6.07) is 17.9. The van der Waals surface area contributed by atoms with Gasteiger partial charge in [0.2, 0.25) is 0 Å². The normalized spacial score (nSPS) is 12.8. The Balaban J connectivity index is 2.00. The summed E-state index contributed by atoms with van der Waals surface area (Å²) in [6.07, 6.45) is 5.37. The van der Waals surface area contributed by atoms with Crippen LogP contribution in [0.25, 0.3) is 10.8 Å². The summed E-state index contributed by atoms with van der Waals surface area (Å²) in [5, 5.41) is 17.6. The zero-order valence-electron chi connectivity index (χ0n) is 23.8. The zero-order valence-corrected chi connectivity index (χ0v) is 23.8. The topological polar surface area (TPSA) is 108 Å². The number of amides is 3. The maximum Gasteiger partial charge on any atom is 0.408 e. The van der Waals surface area contributed by atoms with Gasteiger partial charge in [-0.15, -0.1) is 0 Å². The monoisotopic (exact) mass is 543 g/mol. The van der Waals surface area contributed by atoms with Crippen molar-refractivity contribution in [2.24, 2.45) is 5.92 Å². The van der Waals surface area contributed by atoms with Crippen molar-refractivity contribution in [1.29, 1.82) is 0 Å². The summed E-state index contributed by atoms with van der Waals surface area (Å²) in [5.74, 6) is -1.12. The lowest BCUT2D eigenvalue weighted by Crippen LogP contribution is -2.51. The van der Waals surface area contributed by atoms with Crippen molar-refractivity contribution >= 4 is 34.4 Å². The third-order valence-electron chi connectivity index (χ3n) is 6.13. The van der Waals surface area contributed by atoms with E-state index in [2.05, 4.69) is 16.7 Å². The third-order valence-corrected chi connectivity index (χ3v) is 6.13. The molecule has 2 atom stereocenters. The van der Waals surface area contributed by atoms with E-state index in [0.717, 1.165) is 15.7 Å². The number of benzene rings is 3. The molecular weight excluding hydrogens is 506 g/mol. The summed E-state index contributed by atoms with van der Waals surface area (Å²) in [6.45, 7) is 10.7. The Morgan fingerprint density at radius 1 is 1.02 bits per heavy atom. The number of phenols is 1. The molecule has 0 radical (unpaired) electrons. The number of carbonyl (C=O) groups excluding carboxylic acids is 3. The predicted molar refractivity (Wildman–Crippen MR) is 156 cm³/mol. The highest BCUT2D eigenvalue weighted by atomic mass is 16.6. The molecule has 210 valence electrons. The lowest BCUT2D eigenvalue weighted by molar-refractivity contribution is -0.137. The molecule has 0 aromatic heterocycles. The third kappa shape index (κ3) is 7.76. The van der Waals surface area contributed by atoms with Crippen LogP contribution in [0, 0.1) is 25.3 Å². The van der Waals surface area contributed by atoms with E-state index in [4.69, 9.17) is 11.2 Å². The molecule has 0 fully saturated rings. The van der Waals surface area contributed by atoms with Crippen molar-refractivity contribution in [1.82, 2.24) is 10.2 Å². The summed E-state index contributed by atoms with van der Waals surface area (Å²) in [4.78, 5) is 41.3. The van der Waals surface area contributed by atoms with E-state index in [1.807, 2.05) is 50.2 Å². The Morgan fingerprint density at radius 2 is 1.70 bits per heavy atom. The molecule has 0 aliphatic heterocycles. The first-order valence-electron chi connectivity index (χ1n) is 13.2. The SMILES string of the molecule is C#CN(C(=O)C(CC(C)C)NC(=O)OC(C)(C)C)C(C(=O)Nc1ccc2ccccc2c1)c1ccc(O)c(C)c1. The van der Waals surface area contributed by atoms with Gasteiger partial charge in [-0.3, -0.25) is 14.5 Å². The van der Waals surface area contributed by atoms with Crippen LogP contribution in [-0.2, 0) is 14.3 Å². The average Bonchev–Trinajstić information content (AvgIpc) is 2.86. The number of aryl methyl sites for hydroxylation is 1. The van der Waals surface area contributed by atoms with Gasteiger partial charge in [0.05, 0.1) is 0 Å². The van der Waals surface area contributed by atoms with Gasteiger partial charge in [0, 0.05) is 11.7 Å². The number of nitrogens with zero attached hydrogens (tertiary/aromatic N) is 1. The molecule has 0 saturated carbocycles. The van der Waals surface area contributed by atoms with E-state index in [0.29, 0.717) is 16.8 Å². The van der Waals surface area contributed by atoms with E-state index >= 15 is 0 Å². The molecule has 0 spiro atoms. The van der Waals surface area contributed by atoms with Crippen LogP contribution in [0.1, 0.15) is 58.2 Å². The highest BCUT2D eigenvalue weighted by Gasteiger charge is 2.36. The van der Waals surface area contributed by atoms with Gasteiger partial charge < -0.3 is 20.5 Å². The molecule has 3 N–H and O–H groups in total. The number of hydrogen-bond donors (Lipinski definition) is 3. The van der Waals surface area contributed by atoms with Crippen molar-refractivity contribution in [3.8, 4) is 18.2 Å². The zero-order chi connectivity index (χ0) is 29.6. The lowest BCUT2D eigenvalue weighted by Gasteiger charge is -2.31. The highest BCUT2D eigenvalue weighted by molar-refractivity contribution is 6.01. The summed E-state index contributed by atoms with van der Waals surface area (Å²) in [7, 11) is 0. The number of anilines is 1. The minimum absolute atomic E-state index is 0.0179. The number of ether oxygens (including phenoxy) is 1. The van der Waals surface area contributed by atoms with Gasteiger partial charge >= 0.3 is 6.09 Å². The standard InChI is InChI=1S/C32H37N3O5/c1-8-35(30(38)26(17-20(2)3)34-31(39)40-32(5,6)7)28(24-14-16-27(36)21(4)18-24)29(37)33-25-15-13-22-11-9-10-12-23(22)19-25/h1,9-16,18-20,26,28,36H,17H2,2-7H3,(H,33,37)(H,34,39). The van der Waals surface area contributed by atoms with Gasteiger partial charge in [0.15, 0.2) is 0 Å². The Kier molecular flexibility index (Phi) is 9.43. The van der Waals surface area contributed by atoms with Crippen molar-refractivity contribution in [3.63, 3.8) is 0 Å². The van der Waals surface area contributed by atoms with Crippen molar-refractivity contribution in [3.05, 3.63) is 71.8 Å². The number of aromatic hydroxyl groups is 1. The van der Waals surface area contributed by atoms with E-state index in [-0.39, 0.29) is 18.1 Å². The predicted octanol–water partition coefficient (Wildman–Crippen LogP) is 5.89. The van der Waals surface area contributed by atoms with Crippen LogP contribution in [0.15, 0.2) is 60.7 Å². The maximum atomic E-state index is 13.9. The number of phenolic OH excluding ortho intramolecular Hbond substituents is 1. The average molecular weight is 544 g/mol. The van der Waals surface area contributed by atoms with Crippen LogP contribution < -0.4 is 10.6 Å². The van der Waals surface area contributed by atoms with Crippen LogP contribution in [0.3, 0.4) is 0 Å². The molecule has 3 amide bonds. The van der Waals surface area contributed by atoms with Crippen LogP contribution >= 0.6 is 0 Å². The maximum absolute atomic E-state index is 13.9. The van der Waals surface area contributed by atoms with Gasteiger partial charge in [-0.05, 0) is 86.2 Å². The molecule has 3 rings (SSSR count). The Bertz CT molecular complexity index is 1430. The molecular formula is C32H37N3O5. The molecule has 40 heavy (non-hydrogen) atoms. The number of fused-ring (bicyclic) bond motifs is 1. The molecule has 0 bridgehead atoms. The van der Waals surface area contributed by atoms with E-state index < -0.39 is 35.6 Å².